The van der Waals surface area contributed by atoms with E-state index in [-0.39, 0.29) is 5.57 Å². The van der Waals surface area contributed by atoms with Crippen molar-refractivity contribution in [2.75, 3.05) is 19.8 Å². The zero-order chi connectivity index (χ0) is 32.6. The molecule has 19 atom stereocenters. The quantitative estimate of drug-likeness (QED) is 0.103. The number of ether oxygens (including phenoxy) is 5. The van der Waals surface area contributed by atoms with Crippen molar-refractivity contribution in [2.45, 2.75) is 123 Å². The van der Waals surface area contributed by atoms with Gasteiger partial charge < -0.3 is 95.4 Å². The van der Waals surface area contributed by atoms with E-state index in [0.717, 1.165) is 0 Å². The summed E-state index contributed by atoms with van der Waals surface area (Å²) in [6.07, 6.45) is -26.2. The first-order valence-electron chi connectivity index (χ1n) is 14.2. The summed E-state index contributed by atoms with van der Waals surface area (Å²) in [4.78, 5) is 0. The Balaban J connectivity index is 1.42. The number of rotatable bonds is 9. The van der Waals surface area contributed by atoms with Crippen LogP contribution in [-0.2, 0) is 23.7 Å². The van der Waals surface area contributed by atoms with Crippen LogP contribution < -0.4 is 5.32 Å². The van der Waals surface area contributed by atoms with Crippen LogP contribution in [0.15, 0.2) is 11.6 Å². The van der Waals surface area contributed by atoms with E-state index in [0.29, 0.717) is 0 Å². The zero-order valence-corrected chi connectivity index (χ0v) is 23.6. The Labute approximate surface area is 250 Å². The number of hydrogen-bond acceptors (Lipinski definition) is 18. The van der Waals surface area contributed by atoms with Crippen molar-refractivity contribution in [1.82, 2.24) is 0 Å². The molecule has 3 saturated heterocycles. The van der Waals surface area contributed by atoms with Gasteiger partial charge in [-0.15, -0.1) is 0 Å². The van der Waals surface area contributed by atoms with Crippen molar-refractivity contribution in [3.63, 3.8) is 0 Å². The summed E-state index contributed by atoms with van der Waals surface area (Å²) in [7, 11) is 0. The van der Waals surface area contributed by atoms with Crippen LogP contribution in [0.25, 0.3) is 0 Å². The molecule has 0 aromatic heterocycles. The smallest absolute Gasteiger partial charge is 0.187 e. The van der Waals surface area contributed by atoms with Crippen molar-refractivity contribution in [3.8, 4) is 0 Å². The molecule has 3 fully saturated rings. The fourth-order valence-electron chi connectivity index (χ4n) is 5.96. The molecule has 0 aromatic rings. The van der Waals surface area contributed by atoms with Gasteiger partial charge in [0, 0.05) is 0 Å². The van der Waals surface area contributed by atoms with Crippen molar-refractivity contribution in [2.24, 2.45) is 0 Å². The first-order chi connectivity index (χ1) is 20.7. The second-order valence-corrected chi connectivity index (χ2v) is 11.5. The lowest BCUT2D eigenvalue weighted by molar-refractivity contribution is -0.739. The third-order valence-electron chi connectivity index (χ3n) is 8.64. The van der Waals surface area contributed by atoms with Gasteiger partial charge in [0.05, 0.1) is 19.8 Å². The third kappa shape index (κ3) is 6.96. The fraction of sp³-hybridized carbons (Fsp3) is 0.920. The maximum atomic E-state index is 10.9. The molecule has 19 nitrogen and oxygen atoms in total. The van der Waals surface area contributed by atoms with Crippen molar-refractivity contribution in [1.29, 1.82) is 0 Å². The van der Waals surface area contributed by atoms with Crippen LogP contribution in [0.4, 0.5) is 0 Å². The molecule has 3 heterocycles. The predicted octanol–water partition coefficient (Wildman–Crippen LogP) is -9.59. The van der Waals surface area contributed by atoms with Crippen molar-refractivity contribution in [3.05, 3.63) is 11.6 Å². The lowest BCUT2D eigenvalue weighted by Crippen LogP contribution is -3.02. The number of aliphatic hydroxyl groups excluding tert-OH is 13. The van der Waals surface area contributed by atoms with Crippen LogP contribution in [0.1, 0.15) is 6.92 Å². The Kier molecular flexibility index (Phi) is 12.1. The average molecular weight is 647 g/mol. The zero-order valence-electron chi connectivity index (χ0n) is 23.6. The van der Waals surface area contributed by atoms with Crippen LogP contribution in [0.2, 0.25) is 0 Å². The maximum absolute atomic E-state index is 10.9. The Bertz CT molecular complexity index is 958. The van der Waals surface area contributed by atoms with Crippen LogP contribution in [0, 0.1) is 0 Å². The average Bonchev–Trinajstić information content (AvgIpc) is 3.00. The first kappa shape index (κ1) is 35.8. The van der Waals surface area contributed by atoms with Gasteiger partial charge in [0.2, 0.25) is 0 Å². The van der Waals surface area contributed by atoms with E-state index in [4.69, 9.17) is 23.7 Å². The molecule has 0 amide bonds. The van der Waals surface area contributed by atoms with Crippen LogP contribution in [0.5, 0.6) is 0 Å². The maximum Gasteiger partial charge on any atom is 0.187 e. The topological polar surface area (TPSA) is 326 Å². The molecule has 0 unspecified atom stereocenters. The number of nitrogens with two attached hydrogens (primary N) is 1. The fourth-order valence-corrected chi connectivity index (χ4v) is 5.96. The lowest BCUT2D eigenvalue weighted by atomic mass is 9.86. The second kappa shape index (κ2) is 14.8. The third-order valence-corrected chi connectivity index (χ3v) is 8.64. The normalized spacial score (nSPS) is 52.0. The largest absolute Gasteiger partial charge is 0.394 e. The van der Waals surface area contributed by atoms with Gasteiger partial charge in [-0.25, -0.2) is 0 Å². The molecule has 15 N–H and O–H groups in total. The molecule has 0 spiro atoms. The summed E-state index contributed by atoms with van der Waals surface area (Å²) < 4.78 is 27.4. The molecule has 0 saturated carbocycles. The van der Waals surface area contributed by atoms with Crippen LogP contribution in [0.3, 0.4) is 0 Å². The van der Waals surface area contributed by atoms with Gasteiger partial charge in [0.25, 0.3) is 0 Å². The highest BCUT2D eigenvalue weighted by Crippen LogP contribution is 2.32. The minimum Gasteiger partial charge on any atom is -0.394 e. The highest BCUT2D eigenvalue weighted by Gasteiger charge is 2.54. The number of aliphatic hydroxyl groups is 13. The van der Waals surface area contributed by atoms with Gasteiger partial charge in [0.1, 0.15) is 97.5 Å². The number of hydrogen-bond donors (Lipinski definition) is 14. The highest BCUT2D eigenvalue weighted by atomic mass is 16.7. The van der Waals surface area contributed by atoms with Crippen molar-refractivity contribution < 1.29 is 95.4 Å². The summed E-state index contributed by atoms with van der Waals surface area (Å²) in [5.74, 6) is 0. The van der Waals surface area contributed by atoms with Gasteiger partial charge in [0.15, 0.2) is 18.9 Å². The molecule has 0 radical (unpaired) electrons. The molecule has 4 rings (SSSR count). The number of quaternary nitrogens is 1. The second-order valence-electron chi connectivity index (χ2n) is 11.5. The molecule has 4 aliphatic rings. The minimum atomic E-state index is -1.93. The molecular formula is C25H44NO18+. The predicted molar refractivity (Wildman–Crippen MR) is 137 cm³/mol. The Hall–Kier alpha value is -1.02. The van der Waals surface area contributed by atoms with E-state index >= 15 is 0 Å². The van der Waals surface area contributed by atoms with E-state index in [2.05, 4.69) is 0 Å². The standard InChI is InChI=1S/C25H43NO18/c1-6-11(26-8-2-7(3-27)12(30)15(33)13(8)31)14(32)19(37)24(40-6)43-22-10(5-29)42-25(20(38)17(22)35)44-21-9(4-28)41-23(39)18(36)16(21)34/h2,6,8-39H,3-5H2,1H3/p+1/t6-,8+,9-,10-,11-,12-,13+,14+,15+,16-,17-,18-,19-,20-,21-,22-,23-,24-,25-/m1/s1. The lowest BCUT2D eigenvalue weighted by Gasteiger charge is -2.48. The molecule has 44 heavy (non-hydrogen) atoms. The van der Waals surface area contributed by atoms with Crippen LogP contribution >= 0.6 is 0 Å². The van der Waals surface area contributed by atoms with Crippen molar-refractivity contribution >= 4 is 0 Å². The summed E-state index contributed by atoms with van der Waals surface area (Å²) in [5.41, 5.74) is 0.0537. The van der Waals surface area contributed by atoms with E-state index in [9.17, 15) is 66.4 Å². The van der Waals surface area contributed by atoms with E-state index in [1.807, 2.05) is 0 Å². The van der Waals surface area contributed by atoms with Gasteiger partial charge in [-0.3, -0.25) is 0 Å². The Morgan fingerprint density at radius 1 is 0.636 bits per heavy atom. The Morgan fingerprint density at radius 2 is 1.16 bits per heavy atom. The van der Waals surface area contributed by atoms with Gasteiger partial charge in [-0.05, 0) is 18.6 Å². The van der Waals surface area contributed by atoms with E-state index in [1.54, 1.807) is 0 Å². The minimum absolute atomic E-state index is 0.0537. The van der Waals surface area contributed by atoms with Gasteiger partial charge >= 0.3 is 0 Å². The molecule has 19 heteroatoms. The monoisotopic (exact) mass is 646 g/mol. The first-order valence-corrected chi connectivity index (χ1v) is 14.2. The molecule has 1 aliphatic carbocycles. The summed E-state index contributed by atoms with van der Waals surface area (Å²) >= 11 is 0. The molecular weight excluding hydrogens is 602 g/mol. The van der Waals surface area contributed by atoms with E-state index < -0.39 is 136 Å². The Morgan fingerprint density at radius 3 is 1.73 bits per heavy atom. The van der Waals surface area contributed by atoms with Gasteiger partial charge in [-0.2, -0.15) is 0 Å². The SMILES string of the molecule is C[C@H]1O[C@H](O[C@H]2[C@H](O)[C@@H](O)[C@@H](O[C@H]3[C@H](O)[C@@H](O)[C@H](O)O[C@@H]3CO)O[C@@H]2CO)[C@H](O)[C@@H](O)[C@@H]1[NH2+][C@H]1C=C(CO)[C@@H](O)[C@H](O)[C@H]1O. The van der Waals surface area contributed by atoms with Gasteiger partial charge in [-0.1, -0.05) is 0 Å². The van der Waals surface area contributed by atoms with E-state index in [1.165, 1.54) is 18.3 Å². The molecule has 0 bridgehead atoms. The molecule has 3 aliphatic heterocycles. The summed E-state index contributed by atoms with van der Waals surface area (Å²) in [6.45, 7) is -0.693. The highest BCUT2D eigenvalue weighted by molar-refractivity contribution is 5.19. The molecule has 0 aromatic carbocycles. The molecule has 256 valence electrons. The van der Waals surface area contributed by atoms with Crippen LogP contribution in [-0.4, -0.2) is 203 Å². The summed E-state index contributed by atoms with van der Waals surface area (Å²) in [6, 6.07) is -1.92. The summed E-state index contributed by atoms with van der Waals surface area (Å²) in [5, 5.41) is 134.